The molecule has 1 aromatic carbocycles. The molecule has 1 fully saturated rings. The number of thiazole rings is 1. The lowest BCUT2D eigenvalue weighted by Crippen LogP contribution is -2.37. The maximum atomic E-state index is 12.8. The molecule has 1 aromatic heterocycles. The number of aromatic nitrogens is 1. The molecule has 1 aliphatic rings. The molecular formula is C17H22N4O2S. The van der Waals surface area contributed by atoms with E-state index < -0.39 is 0 Å². The van der Waals surface area contributed by atoms with Crippen LogP contribution in [0.25, 0.3) is 0 Å². The predicted octanol–water partition coefficient (Wildman–Crippen LogP) is 2.18. The van der Waals surface area contributed by atoms with Crippen LogP contribution in [0.4, 0.5) is 0 Å². The minimum absolute atomic E-state index is 0.0328. The Labute approximate surface area is 145 Å². The zero-order valence-corrected chi connectivity index (χ0v) is 14.6. The van der Waals surface area contributed by atoms with Crippen LogP contribution in [0.15, 0.2) is 35.8 Å². The summed E-state index contributed by atoms with van der Waals surface area (Å²) in [4.78, 5) is 17.1. The molecule has 0 saturated carbocycles. The van der Waals surface area contributed by atoms with Gasteiger partial charge in [-0.05, 0) is 24.1 Å². The van der Waals surface area contributed by atoms with Gasteiger partial charge in [-0.3, -0.25) is 10.2 Å². The topological polar surface area (TPSA) is 75.3 Å². The van der Waals surface area contributed by atoms with Crippen LogP contribution >= 0.6 is 11.3 Å². The number of nitrogens with zero attached hydrogens (tertiary/aromatic N) is 1. The molecular weight excluding hydrogens is 324 g/mol. The van der Waals surface area contributed by atoms with Crippen molar-refractivity contribution in [3.05, 3.63) is 46.4 Å². The van der Waals surface area contributed by atoms with Crippen molar-refractivity contribution in [1.29, 1.82) is 0 Å². The number of hydrazine groups is 1. The van der Waals surface area contributed by atoms with E-state index in [1.165, 1.54) is 0 Å². The molecule has 3 N–H and O–H groups in total. The minimum Gasteiger partial charge on any atom is -0.497 e. The van der Waals surface area contributed by atoms with Crippen molar-refractivity contribution >= 4 is 17.2 Å². The van der Waals surface area contributed by atoms with Crippen LogP contribution in [0.3, 0.4) is 0 Å². The number of benzene rings is 1. The molecule has 1 amide bonds. The number of carbonyl (C=O) groups excluding carboxylic acids is 1. The number of nitrogens with one attached hydrogen (secondary N) is 3. The Morgan fingerprint density at radius 3 is 2.88 bits per heavy atom. The van der Waals surface area contributed by atoms with Gasteiger partial charge >= 0.3 is 0 Å². The smallest absolute Gasteiger partial charge is 0.227 e. The largest absolute Gasteiger partial charge is 0.497 e. The SMILES string of the molecule is CCC(NC(=O)C1CNNC1c1ccc(OC)cc1)c1nccs1. The van der Waals surface area contributed by atoms with Crippen LogP contribution in [0.1, 0.15) is 36.0 Å². The van der Waals surface area contributed by atoms with Gasteiger partial charge in [0, 0.05) is 18.1 Å². The van der Waals surface area contributed by atoms with Crippen molar-refractivity contribution in [2.45, 2.75) is 25.4 Å². The maximum absolute atomic E-state index is 12.8. The van der Waals surface area contributed by atoms with Crippen molar-refractivity contribution in [2.75, 3.05) is 13.7 Å². The van der Waals surface area contributed by atoms with Crippen molar-refractivity contribution in [3.8, 4) is 5.75 Å². The van der Waals surface area contributed by atoms with E-state index in [9.17, 15) is 4.79 Å². The summed E-state index contributed by atoms with van der Waals surface area (Å²) in [5.74, 6) is 0.670. The van der Waals surface area contributed by atoms with Crippen molar-refractivity contribution < 1.29 is 9.53 Å². The predicted molar refractivity (Wildman–Crippen MR) is 93.7 cm³/mol. The Kier molecular flexibility index (Phi) is 5.44. The third-order valence-electron chi connectivity index (χ3n) is 4.27. The van der Waals surface area contributed by atoms with E-state index in [4.69, 9.17) is 4.74 Å². The van der Waals surface area contributed by atoms with E-state index in [2.05, 4.69) is 28.1 Å². The molecule has 3 rings (SSSR count). The Morgan fingerprint density at radius 1 is 1.46 bits per heavy atom. The normalized spacial score (nSPS) is 21.4. The summed E-state index contributed by atoms with van der Waals surface area (Å²) in [5.41, 5.74) is 7.36. The molecule has 128 valence electrons. The number of methoxy groups -OCH3 is 1. The van der Waals surface area contributed by atoms with Gasteiger partial charge in [0.25, 0.3) is 0 Å². The van der Waals surface area contributed by atoms with Gasteiger partial charge in [0.15, 0.2) is 0 Å². The summed E-state index contributed by atoms with van der Waals surface area (Å²) in [6, 6.07) is 7.70. The van der Waals surface area contributed by atoms with Crippen LogP contribution in [-0.4, -0.2) is 24.5 Å². The first-order valence-electron chi connectivity index (χ1n) is 8.05. The highest BCUT2D eigenvalue weighted by atomic mass is 32.1. The standard InChI is InChI=1S/C17H22N4O2S/c1-3-14(17-18-8-9-24-17)20-16(22)13-10-19-21-15(13)11-4-6-12(23-2)7-5-11/h4-9,13-15,19,21H,3,10H2,1-2H3,(H,20,22). The van der Waals surface area contributed by atoms with E-state index in [1.54, 1.807) is 24.6 Å². The van der Waals surface area contributed by atoms with Crippen LogP contribution in [0.2, 0.25) is 0 Å². The molecule has 0 aliphatic carbocycles. The van der Waals surface area contributed by atoms with Gasteiger partial charge in [0.1, 0.15) is 10.8 Å². The van der Waals surface area contributed by atoms with E-state index in [-0.39, 0.29) is 23.9 Å². The Bertz CT molecular complexity index is 660. The fourth-order valence-electron chi connectivity index (χ4n) is 2.89. The fourth-order valence-corrected chi connectivity index (χ4v) is 3.66. The number of hydrogen-bond donors (Lipinski definition) is 3. The average molecular weight is 346 g/mol. The maximum Gasteiger partial charge on any atom is 0.227 e. The number of rotatable bonds is 6. The summed E-state index contributed by atoms with van der Waals surface area (Å²) < 4.78 is 5.19. The summed E-state index contributed by atoms with van der Waals surface area (Å²) in [7, 11) is 1.64. The van der Waals surface area contributed by atoms with Crippen LogP contribution in [-0.2, 0) is 4.79 Å². The summed E-state index contributed by atoms with van der Waals surface area (Å²) in [6.07, 6.45) is 2.59. The van der Waals surface area contributed by atoms with E-state index >= 15 is 0 Å². The zero-order chi connectivity index (χ0) is 16.9. The third-order valence-corrected chi connectivity index (χ3v) is 5.16. The second-order valence-corrected chi connectivity index (χ2v) is 6.65. The molecule has 3 unspecified atom stereocenters. The van der Waals surface area contributed by atoms with E-state index in [0.717, 1.165) is 22.7 Å². The molecule has 2 aromatic rings. The lowest BCUT2D eigenvalue weighted by molar-refractivity contribution is -0.125. The molecule has 1 aliphatic heterocycles. The molecule has 7 heteroatoms. The first-order valence-corrected chi connectivity index (χ1v) is 8.93. The minimum atomic E-state index is -0.174. The first-order chi connectivity index (χ1) is 11.7. The molecule has 2 heterocycles. The highest BCUT2D eigenvalue weighted by molar-refractivity contribution is 7.09. The quantitative estimate of drug-likeness (QED) is 0.747. The van der Waals surface area contributed by atoms with E-state index in [0.29, 0.717) is 6.54 Å². The van der Waals surface area contributed by atoms with Gasteiger partial charge in [-0.25, -0.2) is 10.4 Å². The number of hydrogen-bond acceptors (Lipinski definition) is 6. The van der Waals surface area contributed by atoms with Gasteiger partial charge in [-0.1, -0.05) is 19.1 Å². The van der Waals surface area contributed by atoms with E-state index in [1.807, 2.05) is 29.6 Å². The molecule has 0 bridgehead atoms. The van der Waals surface area contributed by atoms with Crippen LogP contribution < -0.4 is 20.9 Å². The van der Waals surface area contributed by atoms with Gasteiger partial charge < -0.3 is 10.1 Å². The summed E-state index contributed by atoms with van der Waals surface area (Å²) in [5, 5.41) is 6.02. The van der Waals surface area contributed by atoms with Gasteiger partial charge in [0.2, 0.25) is 5.91 Å². The van der Waals surface area contributed by atoms with Gasteiger partial charge in [-0.2, -0.15) is 0 Å². The molecule has 0 spiro atoms. The summed E-state index contributed by atoms with van der Waals surface area (Å²) >= 11 is 1.57. The van der Waals surface area contributed by atoms with Crippen molar-refractivity contribution in [2.24, 2.45) is 5.92 Å². The van der Waals surface area contributed by atoms with Crippen LogP contribution in [0.5, 0.6) is 5.75 Å². The van der Waals surface area contributed by atoms with Crippen LogP contribution in [0, 0.1) is 5.92 Å². The van der Waals surface area contributed by atoms with Crippen molar-refractivity contribution in [3.63, 3.8) is 0 Å². The lowest BCUT2D eigenvalue weighted by Gasteiger charge is -2.21. The summed E-state index contributed by atoms with van der Waals surface area (Å²) in [6.45, 7) is 2.65. The Morgan fingerprint density at radius 2 is 2.25 bits per heavy atom. The molecule has 3 atom stereocenters. The number of ether oxygens (including phenoxy) is 1. The zero-order valence-electron chi connectivity index (χ0n) is 13.8. The monoisotopic (exact) mass is 346 g/mol. The van der Waals surface area contributed by atoms with Gasteiger partial charge in [0.05, 0.1) is 25.1 Å². The second kappa shape index (κ2) is 7.74. The number of carbonyl (C=O) groups is 1. The Balaban J connectivity index is 1.70. The first kappa shape index (κ1) is 16.9. The third kappa shape index (κ3) is 3.58. The highest BCUT2D eigenvalue weighted by Gasteiger charge is 2.35. The molecule has 1 saturated heterocycles. The molecule has 0 radical (unpaired) electrons. The highest BCUT2D eigenvalue weighted by Crippen LogP contribution is 2.28. The molecule has 6 nitrogen and oxygen atoms in total. The van der Waals surface area contributed by atoms with Gasteiger partial charge in [-0.15, -0.1) is 11.3 Å². The average Bonchev–Trinajstić information content (AvgIpc) is 3.31. The number of amides is 1. The lowest BCUT2D eigenvalue weighted by atomic mass is 9.94. The Hall–Kier alpha value is -1.96. The fraction of sp³-hybridized carbons (Fsp3) is 0.412. The second-order valence-electron chi connectivity index (χ2n) is 5.72. The van der Waals surface area contributed by atoms with Crippen molar-refractivity contribution in [1.82, 2.24) is 21.2 Å². The molecule has 24 heavy (non-hydrogen) atoms.